The zero-order valence-electron chi connectivity index (χ0n) is 13.0. The lowest BCUT2D eigenvalue weighted by Crippen LogP contribution is -2.14. The summed E-state index contributed by atoms with van der Waals surface area (Å²) in [7, 11) is 0. The van der Waals surface area contributed by atoms with E-state index >= 15 is 0 Å². The Balaban J connectivity index is 2.03. The molecule has 2 rings (SSSR count). The zero-order valence-corrected chi connectivity index (χ0v) is 13.8. The van der Waals surface area contributed by atoms with Crippen LogP contribution < -0.4 is 5.32 Å². The molecule has 21 heavy (non-hydrogen) atoms. The molecule has 0 radical (unpaired) electrons. The number of nitrogens with zero attached hydrogens (tertiary/aromatic N) is 4. The number of aryl methyl sites for hydroxylation is 2. The first-order valence-electron chi connectivity index (χ1n) is 7.11. The molecule has 0 aromatic carbocycles. The van der Waals surface area contributed by atoms with Crippen molar-refractivity contribution in [1.82, 2.24) is 25.3 Å². The lowest BCUT2D eigenvalue weighted by molar-refractivity contribution is 0.669. The van der Waals surface area contributed by atoms with Crippen LogP contribution in [0.1, 0.15) is 35.9 Å². The van der Waals surface area contributed by atoms with Crippen molar-refractivity contribution in [2.75, 3.05) is 6.54 Å². The van der Waals surface area contributed by atoms with Crippen molar-refractivity contribution in [3.05, 3.63) is 34.9 Å². The molecule has 0 atom stereocenters. The minimum absolute atomic E-state index is 0.678. The number of nitrogens with one attached hydrogen (secondary N) is 1. The normalized spacial score (nSPS) is 10.9. The first kappa shape index (κ1) is 15.9. The predicted molar refractivity (Wildman–Crippen MR) is 84.4 cm³/mol. The van der Waals surface area contributed by atoms with Gasteiger partial charge < -0.3 is 5.32 Å². The maximum absolute atomic E-state index is 4.47. The lowest BCUT2D eigenvalue weighted by atomic mass is 10.2. The molecule has 0 aliphatic rings. The van der Waals surface area contributed by atoms with Crippen LogP contribution in [0.4, 0.5) is 0 Å². The molecule has 0 fully saturated rings. The Morgan fingerprint density at radius 3 is 2.19 bits per heavy atom. The Kier molecular flexibility index (Phi) is 5.64. The van der Waals surface area contributed by atoms with Gasteiger partial charge in [0.25, 0.3) is 0 Å². The maximum Gasteiger partial charge on any atom is 0.195 e. The topological polar surface area (TPSA) is 63.6 Å². The van der Waals surface area contributed by atoms with Crippen molar-refractivity contribution in [3.8, 4) is 0 Å². The van der Waals surface area contributed by atoms with E-state index in [2.05, 4.69) is 32.2 Å². The van der Waals surface area contributed by atoms with Gasteiger partial charge in [0, 0.05) is 35.9 Å². The van der Waals surface area contributed by atoms with Gasteiger partial charge in [0.15, 0.2) is 10.3 Å². The van der Waals surface area contributed by atoms with E-state index in [9.17, 15) is 0 Å². The molecule has 0 aliphatic carbocycles. The van der Waals surface area contributed by atoms with Crippen LogP contribution in [0.15, 0.2) is 22.7 Å². The average Bonchev–Trinajstić information content (AvgIpc) is 2.47. The van der Waals surface area contributed by atoms with E-state index in [1.807, 2.05) is 33.2 Å². The van der Waals surface area contributed by atoms with E-state index in [0.717, 1.165) is 42.0 Å². The van der Waals surface area contributed by atoms with Crippen molar-refractivity contribution in [3.63, 3.8) is 0 Å². The van der Waals surface area contributed by atoms with Crippen LogP contribution >= 0.6 is 11.8 Å². The maximum atomic E-state index is 4.47. The second kappa shape index (κ2) is 7.47. The molecule has 0 saturated heterocycles. The van der Waals surface area contributed by atoms with E-state index in [-0.39, 0.29) is 0 Å². The Morgan fingerprint density at radius 1 is 1.00 bits per heavy atom. The molecule has 0 aliphatic heterocycles. The van der Waals surface area contributed by atoms with Gasteiger partial charge in [-0.2, -0.15) is 0 Å². The van der Waals surface area contributed by atoms with Crippen LogP contribution in [0.5, 0.6) is 0 Å². The molecule has 1 N–H and O–H groups in total. The summed E-state index contributed by atoms with van der Waals surface area (Å²) in [5.41, 5.74) is 4.23. The third-order valence-electron chi connectivity index (χ3n) is 3.23. The Morgan fingerprint density at radius 2 is 1.62 bits per heavy atom. The highest BCUT2D eigenvalue weighted by atomic mass is 32.2. The van der Waals surface area contributed by atoms with Gasteiger partial charge in [-0.3, -0.25) is 0 Å². The van der Waals surface area contributed by atoms with Crippen molar-refractivity contribution in [2.45, 2.75) is 51.0 Å². The van der Waals surface area contributed by atoms with Gasteiger partial charge in [0.1, 0.15) is 0 Å². The second-order valence-electron chi connectivity index (χ2n) is 4.95. The summed E-state index contributed by atoms with van der Waals surface area (Å²) in [5.74, 6) is 0. The number of aromatic nitrogens is 4. The average molecular weight is 303 g/mol. The molecule has 0 bridgehead atoms. The van der Waals surface area contributed by atoms with Crippen molar-refractivity contribution in [1.29, 1.82) is 0 Å². The second-order valence-corrected chi connectivity index (χ2v) is 5.89. The summed E-state index contributed by atoms with van der Waals surface area (Å²) in [6.07, 6.45) is 4.83. The van der Waals surface area contributed by atoms with Crippen molar-refractivity contribution in [2.24, 2.45) is 0 Å². The molecular formula is C15H21N5S. The third-order valence-corrected chi connectivity index (χ3v) is 3.99. The molecular weight excluding hydrogens is 282 g/mol. The molecule has 112 valence electrons. The van der Waals surface area contributed by atoms with E-state index in [1.54, 1.807) is 0 Å². The first-order valence-corrected chi connectivity index (χ1v) is 7.93. The van der Waals surface area contributed by atoms with Crippen LogP contribution in [0.2, 0.25) is 0 Å². The fourth-order valence-corrected chi connectivity index (χ4v) is 2.50. The largest absolute Gasteiger partial charge is 0.313 e. The standard InChI is InChI=1S/C15H21N5S/c1-5-6-16-7-13-8-17-14(18-9-13)21-15-19-11(3)10(2)12(4)20-15/h8-9,16H,5-7H2,1-4H3. The van der Waals surface area contributed by atoms with Crippen LogP contribution in [-0.2, 0) is 6.54 Å². The molecule has 5 nitrogen and oxygen atoms in total. The summed E-state index contributed by atoms with van der Waals surface area (Å²) >= 11 is 1.40. The minimum atomic E-state index is 0.678. The summed E-state index contributed by atoms with van der Waals surface area (Å²) in [6.45, 7) is 9.99. The van der Waals surface area contributed by atoms with Gasteiger partial charge in [0.05, 0.1) is 0 Å². The van der Waals surface area contributed by atoms with Gasteiger partial charge in [-0.1, -0.05) is 6.92 Å². The zero-order chi connectivity index (χ0) is 15.2. The van der Waals surface area contributed by atoms with Gasteiger partial charge in [0.2, 0.25) is 0 Å². The fourth-order valence-electron chi connectivity index (χ4n) is 1.77. The van der Waals surface area contributed by atoms with E-state index in [0.29, 0.717) is 10.3 Å². The molecule has 2 heterocycles. The van der Waals surface area contributed by atoms with Crippen molar-refractivity contribution >= 4 is 11.8 Å². The predicted octanol–water partition coefficient (Wildman–Crippen LogP) is 2.84. The monoisotopic (exact) mass is 303 g/mol. The highest BCUT2D eigenvalue weighted by molar-refractivity contribution is 7.99. The lowest BCUT2D eigenvalue weighted by Gasteiger charge is -2.06. The molecule has 2 aromatic rings. The quantitative estimate of drug-likeness (QED) is 0.654. The molecule has 2 aromatic heterocycles. The molecule has 0 saturated carbocycles. The Bertz CT molecular complexity index is 575. The Labute approximate surface area is 130 Å². The fraction of sp³-hybridized carbons (Fsp3) is 0.467. The van der Waals surface area contributed by atoms with Gasteiger partial charge in [-0.25, -0.2) is 19.9 Å². The molecule has 6 heteroatoms. The van der Waals surface area contributed by atoms with E-state index < -0.39 is 0 Å². The van der Waals surface area contributed by atoms with Crippen LogP contribution in [-0.4, -0.2) is 26.5 Å². The minimum Gasteiger partial charge on any atom is -0.313 e. The summed E-state index contributed by atoms with van der Waals surface area (Å²) in [5, 5.41) is 4.71. The SMILES string of the molecule is CCCNCc1cnc(Sc2nc(C)c(C)c(C)n2)nc1. The molecule has 0 amide bonds. The summed E-state index contributed by atoms with van der Waals surface area (Å²) in [6, 6.07) is 0. The summed E-state index contributed by atoms with van der Waals surface area (Å²) < 4.78 is 0. The molecule has 0 unspecified atom stereocenters. The number of rotatable bonds is 6. The third kappa shape index (κ3) is 4.47. The van der Waals surface area contributed by atoms with E-state index in [1.165, 1.54) is 11.8 Å². The van der Waals surface area contributed by atoms with Gasteiger partial charge >= 0.3 is 0 Å². The number of hydrogen-bond donors (Lipinski definition) is 1. The smallest absolute Gasteiger partial charge is 0.195 e. The Hall–Kier alpha value is -1.53. The van der Waals surface area contributed by atoms with Crippen molar-refractivity contribution < 1.29 is 0 Å². The van der Waals surface area contributed by atoms with E-state index in [4.69, 9.17) is 0 Å². The molecule has 0 spiro atoms. The first-order chi connectivity index (χ1) is 10.1. The van der Waals surface area contributed by atoms with Crippen LogP contribution in [0.25, 0.3) is 0 Å². The van der Waals surface area contributed by atoms with Crippen LogP contribution in [0.3, 0.4) is 0 Å². The van der Waals surface area contributed by atoms with Crippen LogP contribution in [0, 0.1) is 20.8 Å². The van der Waals surface area contributed by atoms with Gasteiger partial charge in [-0.05, 0) is 51.1 Å². The highest BCUT2D eigenvalue weighted by Crippen LogP contribution is 2.22. The highest BCUT2D eigenvalue weighted by Gasteiger charge is 2.08. The van der Waals surface area contributed by atoms with Gasteiger partial charge in [-0.15, -0.1) is 0 Å². The number of hydrogen-bond acceptors (Lipinski definition) is 6. The summed E-state index contributed by atoms with van der Waals surface area (Å²) in [4.78, 5) is 17.7.